The Labute approximate surface area is 122 Å². The summed E-state index contributed by atoms with van der Waals surface area (Å²) in [5.41, 5.74) is -0.852. The first kappa shape index (κ1) is 16.9. The highest BCUT2D eigenvalue weighted by Gasteiger charge is 2.10. The van der Waals surface area contributed by atoms with E-state index in [9.17, 15) is 18.4 Å². The van der Waals surface area contributed by atoms with Gasteiger partial charge in [-0.2, -0.15) is 0 Å². The molecule has 0 aliphatic rings. The zero-order valence-corrected chi connectivity index (χ0v) is 10.8. The lowest BCUT2D eigenvalue weighted by Crippen LogP contribution is -1.96. The topological polar surface area (TPSA) is 115 Å². The van der Waals surface area contributed by atoms with E-state index in [0.717, 1.165) is 36.4 Å². The molecule has 6 nitrogen and oxygen atoms in total. The molecule has 0 atom stereocenters. The molecule has 0 aromatic heterocycles. The number of carbonyl (C=O) groups is 2. The Morgan fingerprint density at radius 2 is 1.05 bits per heavy atom. The molecule has 0 fully saturated rings. The first-order valence-corrected chi connectivity index (χ1v) is 5.66. The monoisotopic (exact) mass is 312 g/mol. The van der Waals surface area contributed by atoms with Gasteiger partial charge in [-0.05, 0) is 36.4 Å². The van der Waals surface area contributed by atoms with Crippen molar-refractivity contribution in [3.63, 3.8) is 0 Å². The largest absolute Gasteiger partial charge is 0.507 e. The number of rotatable bonds is 2. The molecule has 0 aliphatic carbocycles. The van der Waals surface area contributed by atoms with E-state index in [1.807, 2.05) is 0 Å². The zero-order chi connectivity index (χ0) is 16.9. The molecule has 2 rings (SSSR count). The number of benzene rings is 2. The molecule has 0 amide bonds. The van der Waals surface area contributed by atoms with Gasteiger partial charge in [0, 0.05) is 0 Å². The highest BCUT2D eigenvalue weighted by atomic mass is 19.1. The molecule has 0 saturated heterocycles. The fraction of sp³-hybridized carbons (Fsp3) is 0. The molecule has 0 aliphatic heterocycles. The third kappa shape index (κ3) is 4.44. The number of carboxylic acid groups (broad SMARTS) is 2. The van der Waals surface area contributed by atoms with Crippen LogP contribution in [0.15, 0.2) is 36.4 Å². The van der Waals surface area contributed by atoms with Gasteiger partial charge in [-0.15, -0.1) is 0 Å². The fourth-order valence-electron chi connectivity index (χ4n) is 1.36. The van der Waals surface area contributed by atoms with Crippen LogP contribution < -0.4 is 0 Å². The van der Waals surface area contributed by atoms with Crippen molar-refractivity contribution in [3.05, 3.63) is 59.2 Å². The Morgan fingerprint density at radius 3 is 1.27 bits per heavy atom. The second-order valence-corrected chi connectivity index (χ2v) is 3.93. The minimum absolute atomic E-state index is 0.426. The van der Waals surface area contributed by atoms with Crippen LogP contribution in [0.3, 0.4) is 0 Å². The van der Waals surface area contributed by atoms with Crippen molar-refractivity contribution in [1.82, 2.24) is 0 Å². The number of carboxylic acids is 2. The van der Waals surface area contributed by atoms with Gasteiger partial charge in [-0.25, -0.2) is 18.4 Å². The van der Waals surface area contributed by atoms with Crippen LogP contribution in [0.25, 0.3) is 0 Å². The first-order valence-electron chi connectivity index (χ1n) is 5.66. The van der Waals surface area contributed by atoms with Gasteiger partial charge in [-0.3, -0.25) is 0 Å². The van der Waals surface area contributed by atoms with E-state index in [1.54, 1.807) is 0 Å². The lowest BCUT2D eigenvalue weighted by Gasteiger charge is -1.97. The third-order valence-corrected chi connectivity index (χ3v) is 2.38. The maximum absolute atomic E-state index is 12.3. The van der Waals surface area contributed by atoms with Crippen molar-refractivity contribution in [2.24, 2.45) is 0 Å². The summed E-state index contributed by atoms with van der Waals surface area (Å²) in [5, 5.41) is 34.4. The minimum Gasteiger partial charge on any atom is -0.507 e. The third-order valence-electron chi connectivity index (χ3n) is 2.38. The average Bonchev–Trinajstić information content (AvgIpc) is 2.44. The van der Waals surface area contributed by atoms with Crippen LogP contribution in [-0.4, -0.2) is 32.4 Å². The van der Waals surface area contributed by atoms with Crippen LogP contribution in [-0.2, 0) is 0 Å². The van der Waals surface area contributed by atoms with Crippen molar-refractivity contribution < 1.29 is 38.8 Å². The van der Waals surface area contributed by atoms with Crippen LogP contribution in [0.5, 0.6) is 11.5 Å². The second kappa shape index (κ2) is 7.02. The lowest BCUT2D eigenvalue weighted by molar-refractivity contribution is 0.0682. The number of aromatic carboxylic acids is 2. The van der Waals surface area contributed by atoms with Crippen molar-refractivity contribution in [1.29, 1.82) is 0 Å². The van der Waals surface area contributed by atoms with Crippen LogP contribution in [0, 0.1) is 11.6 Å². The van der Waals surface area contributed by atoms with Gasteiger partial charge in [0.15, 0.2) is 0 Å². The minimum atomic E-state index is -1.35. The highest BCUT2D eigenvalue weighted by Crippen LogP contribution is 2.17. The molecule has 0 spiro atoms. The summed E-state index contributed by atoms with van der Waals surface area (Å²) in [6.45, 7) is 0. The molecule has 8 heteroatoms. The van der Waals surface area contributed by atoms with Gasteiger partial charge in [0.25, 0.3) is 0 Å². The standard InChI is InChI=1S/2C7H5FO3/c2*8-4-1-2-6(9)5(3-4)7(10)11/h2*1-3,9H,(H,10,11). The Morgan fingerprint density at radius 1 is 0.727 bits per heavy atom. The van der Waals surface area contributed by atoms with Gasteiger partial charge < -0.3 is 20.4 Å². The van der Waals surface area contributed by atoms with E-state index in [2.05, 4.69) is 0 Å². The fourth-order valence-corrected chi connectivity index (χ4v) is 1.36. The molecule has 22 heavy (non-hydrogen) atoms. The number of hydrogen-bond acceptors (Lipinski definition) is 4. The number of phenols is 2. The Hall–Kier alpha value is -3.16. The van der Waals surface area contributed by atoms with Crippen molar-refractivity contribution in [3.8, 4) is 11.5 Å². The number of halogens is 2. The van der Waals surface area contributed by atoms with Crippen molar-refractivity contribution in [2.75, 3.05) is 0 Å². The van der Waals surface area contributed by atoms with Gasteiger partial charge in [0.05, 0.1) is 0 Å². The smallest absolute Gasteiger partial charge is 0.339 e. The molecule has 0 saturated carbocycles. The summed E-state index contributed by atoms with van der Waals surface area (Å²) < 4.78 is 24.7. The van der Waals surface area contributed by atoms with Gasteiger partial charge in [0.1, 0.15) is 34.3 Å². The van der Waals surface area contributed by atoms with Crippen LogP contribution >= 0.6 is 0 Å². The van der Waals surface area contributed by atoms with Crippen LogP contribution in [0.1, 0.15) is 20.7 Å². The summed E-state index contributed by atoms with van der Waals surface area (Å²) in [5.74, 6) is -4.91. The average molecular weight is 312 g/mol. The molecular weight excluding hydrogens is 302 g/mol. The maximum atomic E-state index is 12.3. The quantitative estimate of drug-likeness (QED) is 0.677. The molecule has 0 heterocycles. The summed E-state index contributed by atoms with van der Waals surface area (Å²) in [6, 6.07) is 5.50. The first-order chi connectivity index (χ1) is 10.2. The second-order valence-electron chi connectivity index (χ2n) is 3.93. The van der Waals surface area contributed by atoms with E-state index in [0.29, 0.717) is 0 Å². The van der Waals surface area contributed by atoms with Crippen molar-refractivity contribution >= 4 is 11.9 Å². The molecular formula is C14H10F2O6. The van der Waals surface area contributed by atoms with E-state index >= 15 is 0 Å². The summed E-state index contributed by atoms with van der Waals surface area (Å²) in [6.07, 6.45) is 0. The van der Waals surface area contributed by atoms with E-state index < -0.39 is 46.2 Å². The zero-order valence-electron chi connectivity index (χ0n) is 10.8. The molecule has 0 unspecified atom stereocenters. The summed E-state index contributed by atoms with van der Waals surface area (Å²) >= 11 is 0. The lowest BCUT2D eigenvalue weighted by atomic mass is 10.2. The summed E-state index contributed by atoms with van der Waals surface area (Å²) in [4.78, 5) is 20.5. The Kier molecular flexibility index (Phi) is 5.39. The maximum Gasteiger partial charge on any atom is 0.339 e. The predicted octanol–water partition coefficient (Wildman–Crippen LogP) is 2.46. The molecule has 2 aromatic rings. The molecule has 0 bridgehead atoms. The predicted molar refractivity (Wildman–Crippen MR) is 70.0 cm³/mol. The molecule has 2 aromatic carbocycles. The Balaban J connectivity index is 0.000000220. The summed E-state index contributed by atoms with van der Waals surface area (Å²) in [7, 11) is 0. The molecule has 0 radical (unpaired) electrons. The van der Waals surface area contributed by atoms with Crippen molar-refractivity contribution in [2.45, 2.75) is 0 Å². The van der Waals surface area contributed by atoms with E-state index in [-0.39, 0.29) is 0 Å². The van der Waals surface area contributed by atoms with Crippen LogP contribution in [0.2, 0.25) is 0 Å². The van der Waals surface area contributed by atoms with Crippen LogP contribution in [0.4, 0.5) is 8.78 Å². The highest BCUT2D eigenvalue weighted by molar-refractivity contribution is 5.91. The number of hydrogen-bond donors (Lipinski definition) is 4. The van der Waals surface area contributed by atoms with E-state index in [1.165, 1.54) is 0 Å². The van der Waals surface area contributed by atoms with Gasteiger partial charge in [-0.1, -0.05) is 0 Å². The normalized spacial score (nSPS) is 9.55. The van der Waals surface area contributed by atoms with E-state index in [4.69, 9.17) is 20.4 Å². The Bertz CT molecular complexity index is 653. The SMILES string of the molecule is O=C(O)c1cc(F)ccc1O.O=C(O)c1cc(F)ccc1O. The molecule has 116 valence electrons. The molecule has 4 N–H and O–H groups in total. The number of aromatic hydroxyl groups is 2. The van der Waals surface area contributed by atoms with Gasteiger partial charge >= 0.3 is 11.9 Å². The van der Waals surface area contributed by atoms with Gasteiger partial charge in [0.2, 0.25) is 0 Å².